The summed E-state index contributed by atoms with van der Waals surface area (Å²) >= 11 is 0. The van der Waals surface area contributed by atoms with Gasteiger partial charge in [0.2, 0.25) is 5.89 Å². The number of aliphatic imine (C=N–C) groups is 1. The summed E-state index contributed by atoms with van der Waals surface area (Å²) in [6.45, 7) is 4.68. The molecule has 1 unspecified atom stereocenters. The number of rotatable bonds is 5. The molecule has 1 aliphatic heterocycles. The van der Waals surface area contributed by atoms with Crippen molar-refractivity contribution in [3.63, 3.8) is 0 Å². The number of anilines is 1. The van der Waals surface area contributed by atoms with Crippen LogP contribution in [0.5, 0.6) is 0 Å². The molecular formula is C23H28IN5O. The Kier molecular flexibility index (Phi) is 7.73. The summed E-state index contributed by atoms with van der Waals surface area (Å²) in [7, 11) is 1.79. The van der Waals surface area contributed by atoms with E-state index in [1.165, 1.54) is 11.3 Å². The lowest BCUT2D eigenvalue weighted by atomic mass is 10.2. The van der Waals surface area contributed by atoms with Gasteiger partial charge in [-0.1, -0.05) is 35.9 Å². The Morgan fingerprint density at radius 2 is 1.93 bits per heavy atom. The van der Waals surface area contributed by atoms with Gasteiger partial charge in [-0.05, 0) is 37.6 Å². The molecule has 0 spiro atoms. The highest BCUT2D eigenvalue weighted by Crippen LogP contribution is 2.21. The van der Waals surface area contributed by atoms with Gasteiger partial charge < -0.3 is 20.0 Å². The fraction of sp³-hybridized carbons (Fsp3) is 0.304. The summed E-state index contributed by atoms with van der Waals surface area (Å²) in [6, 6.07) is 19.0. The van der Waals surface area contributed by atoms with E-state index in [4.69, 9.17) is 4.42 Å². The number of nitrogens with zero attached hydrogens (tertiary/aromatic N) is 3. The third-order valence-electron chi connectivity index (χ3n) is 5.16. The highest BCUT2D eigenvalue weighted by molar-refractivity contribution is 14.0. The minimum atomic E-state index is 0. The van der Waals surface area contributed by atoms with Crippen LogP contribution in [0.1, 0.15) is 17.7 Å². The first kappa shape index (κ1) is 22.1. The van der Waals surface area contributed by atoms with Gasteiger partial charge in [-0.3, -0.25) is 4.99 Å². The van der Waals surface area contributed by atoms with Crippen LogP contribution in [0.25, 0.3) is 11.5 Å². The van der Waals surface area contributed by atoms with Crippen LogP contribution in [0.2, 0.25) is 0 Å². The molecule has 30 heavy (non-hydrogen) atoms. The van der Waals surface area contributed by atoms with E-state index < -0.39 is 0 Å². The summed E-state index contributed by atoms with van der Waals surface area (Å²) in [5, 5.41) is 6.86. The lowest BCUT2D eigenvalue weighted by Gasteiger charge is -2.20. The zero-order chi connectivity index (χ0) is 20.1. The van der Waals surface area contributed by atoms with Crippen LogP contribution in [0.15, 0.2) is 70.3 Å². The molecule has 7 heteroatoms. The minimum absolute atomic E-state index is 0. The van der Waals surface area contributed by atoms with E-state index in [2.05, 4.69) is 56.7 Å². The number of hydrogen-bond acceptors (Lipinski definition) is 4. The van der Waals surface area contributed by atoms with Gasteiger partial charge in [0.05, 0.1) is 12.2 Å². The lowest BCUT2D eigenvalue weighted by molar-refractivity contribution is 0.572. The molecule has 6 nitrogen and oxygen atoms in total. The third kappa shape index (κ3) is 5.53. The molecule has 0 saturated carbocycles. The van der Waals surface area contributed by atoms with Gasteiger partial charge >= 0.3 is 0 Å². The van der Waals surface area contributed by atoms with Gasteiger partial charge in [0, 0.05) is 37.4 Å². The van der Waals surface area contributed by atoms with Crippen LogP contribution in [-0.2, 0) is 6.54 Å². The first-order chi connectivity index (χ1) is 14.2. The Balaban J connectivity index is 0.00000256. The Morgan fingerprint density at radius 3 is 2.67 bits per heavy atom. The minimum Gasteiger partial charge on any atom is -0.444 e. The average molecular weight is 517 g/mol. The highest BCUT2D eigenvalue weighted by atomic mass is 127. The molecule has 0 amide bonds. The standard InChI is InChI=1S/C23H27N5O.HI/c1-17-8-10-21(11-9-17)28-13-12-19(15-28)27-23(24-2)25-14-20-16-29-22(26-20)18-6-4-3-5-7-18;/h3-11,16,19H,12-15H2,1-2H3,(H2,24,25,27);1H. The highest BCUT2D eigenvalue weighted by Gasteiger charge is 2.23. The van der Waals surface area contributed by atoms with Gasteiger partial charge in [-0.25, -0.2) is 4.98 Å². The van der Waals surface area contributed by atoms with Gasteiger partial charge in [0.25, 0.3) is 0 Å². The number of nitrogens with one attached hydrogen (secondary N) is 2. The Morgan fingerprint density at radius 1 is 1.17 bits per heavy atom. The van der Waals surface area contributed by atoms with E-state index >= 15 is 0 Å². The van der Waals surface area contributed by atoms with Crippen LogP contribution in [0.4, 0.5) is 5.69 Å². The molecule has 4 rings (SSSR count). The molecule has 158 valence electrons. The molecule has 1 saturated heterocycles. The molecule has 2 heterocycles. The molecular weight excluding hydrogens is 489 g/mol. The maximum atomic E-state index is 5.60. The van der Waals surface area contributed by atoms with Crippen molar-refractivity contribution in [3.8, 4) is 11.5 Å². The molecule has 1 aromatic heterocycles. The molecule has 1 atom stereocenters. The predicted octanol–water partition coefficient (Wildman–Crippen LogP) is 4.21. The fourth-order valence-corrected chi connectivity index (χ4v) is 3.53. The first-order valence-electron chi connectivity index (χ1n) is 10.00. The summed E-state index contributed by atoms with van der Waals surface area (Å²) in [5.74, 6) is 1.42. The van der Waals surface area contributed by atoms with Crippen LogP contribution >= 0.6 is 24.0 Å². The molecule has 1 aliphatic rings. The second-order valence-electron chi connectivity index (χ2n) is 7.35. The number of oxazole rings is 1. The van der Waals surface area contributed by atoms with Crippen LogP contribution in [0.3, 0.4) is 0 Å². The van der Waals surface area contributed by atoms with Crippen molar-refractivity contribution in [2.75, 3.05) is 25.0 Å². The van der Waals surface area contributed by atoms with E-state index in [0.29, 0.717) is 18.5 Å². The number of aryl methyl sites for hydroxylation is 1. The molecule has 0 bridgehead atoms. The van der Waals surface area contributed by atoms with E-state index in [1.807, 2.05) is 30.3 Å². The number of halogens is 1. The molecule has 2 aromatic carbocycles. The maximum Gasteiger partial charge on any atom is 0.226 e. The largest absolute Gasteiger partial charge is 0.444 e. The van der Waals surface area contributed by atoms with Gasteiger partial charge in [-0.2, -0.15) is 0 Å². The Hall–Kier alpha value is -2.55. The Labute approximate surface area is 194 Å². The fourth-order valence-electron chi connectivity index (χ4n) is 3.53. The Bertz CT molecular complexity index is 955. The molecule has 3 aromatic rings. The number of hydrogen-bond donors (Lipinski definition) is 2. The molecule has 0 radical (unpaired) electrons. The van der Waals surface area contributed by atoms with Gasteiger partial charge in [-0.15, -0.1) is 24.0 Å². The quantitative estimate of drug-likeness (QED) is 0.302. The van der Waals surface area contributed by atoms with Crippen molar-refractivity contribution in [2.45, 2.75) is 25.9 Å². The number of benzene rings is 2. The zero-order valence-corrected chi connectivity index (χ0v) is 19.7. The second-order valence-corrected chi connectivity index (χ2v) is 7.35. The number of aromatic nitrogens is 1. The van der Waals surface area contributed by atoms with Crippen molar-refractivity contribution in [3.05, 3.63) is 72.1 Å². The molecule has 2 N–H and O–H groups in total. The summed E-state index contributed by atoms with van der Waals surface area (Å²) < 4.78 is 5.60. The van der Waals surface area contributed by atoms with Gasteiger partial charge in [0.15, 0.2) is 5.96 Å². The maximum absolute atomic E-state index is 5.60. The van der Waals surface area contributed by atoms with Crippen molar-refractivity contribution >= 4 is 35.6 Å². The summed E-state index contributed by atoms with van der Waals surface area (Å²) in [6.07, 6.45) is 2.77. The van der Waals surface area contributed by atoms with Crippen LogP contribution < -0.4 is 15.5 Å². The average Bonchev–Trinajstić information content (AvgIpc) is 3.42. The monoisotopic (exact) mass is 517 g/mol. The molecule has 0 aliphatic carbocycles. The summed E-state index contributed by atoms with van der Waals surface area (Å²) in [5.41, 5.74) is 4.39. The van der Waals surface area contributed by atoms with Crippen molar-refractivity contribution in [2.24, 2.45) is 4.99 Å². The topological polar surface area (TPSA) is 65.7 Å². The molecule has 1 fully saturated rings. The van der Waals surface area contributed by atoms with Crippen LogP contribution in [0, 0.1) is 6.92 Å². The van der Waals surface area contributed by atoms with E-state index in [0.717, 1.165) is 36.7 Å². The van der Waals surface area contributed by atoms with Crippen molar-refractivity contribution in [1.82, 2.24) is 15.6 Å². The van der Waals surface area contributed by atoms with Gasteiger partial charge in [0.1, 0.15) is 6.26 Å². The van der Waals surface area contributed by atoms with Crippen molar-refractivity contribution < 1.29 is 4.42 Å². The van der Waals surface area contributed by atoms with Crippen molar-refractivity contribution in [1.29, 1.82) is 0 Å². The second kappa shape index (κ2) is 10.5. The van der Waals surface area contributed by atoms with E-state index in [9.17, 15) is 0 Å². The zero-order valence-electron chi connectivity index (χ0n) is 17.3. The lowest BCUT2D eigenvalue weighted by Crippen LogP contribution is -2.44. The SMILES string of the molecule is CN=C(NCc1coc(-c2ccccc2)n1)NC1CCN(c2ccc(C)cc2)C1.I. The van der Waals surface area contributed by atoms with Crippen LogP contribution in [-0.4, -0.2) is 37.1 Å². The van der Waals surface area contributed by atoms with E-state index in [-0.39, 0.29) is 24.0 Å². The number of guanidine groups is 1. The predicted molar refractivity (Wildman–Crippen MR) is 132 cm³/mol. The van der Waals surface area contributed by atoms with E-state index in [1.54, 1.807) is 13.3 Å². The first-order valence-corrected chi connectivity index (χ1v) is 10.00. The normalized spacial score (nSPS) is 16.3. The third-order valence-corrected chi connectivity index (χ3v) is 5.16. The smallest absolute Gasteiger partial charge is 0.226 e. The summed E-state index contributed by atoms with van der Waals surface area (Å²) in [4.78, 5) is 11.3.